The van der Waals surface area contributed by atoms with Crippen molar-refractivity contribution < 1.29 is 9.59 Å². The fourth-order valence-corrected chi connectivity index (χ4v) is 2.73. The molecule has 0 bridgehead atoms. The van der Waals surface area contributed by atoms with E-state index in [-0.39, 0.29) is 23.3 Å². The molecule has 0 aliphatic carbocycles. The molecule has 2 amide bonds. The van der Waals surface area contributed by atoms with E-state index in [4.69, 9.17) is 0 Å². The van der Waals surface area contributed by atoms with Crippen molar-refractivity contribution in [1.82, 2.24) is 10.2 Å². The van der Waals surface area contributed by atoms with Crippen LogP contribution in [0.1, 0.15) is 45.6 Å². The summed E-state index contributed by atoms with van der Waals surface area (Å²) in [6.07, 6.45) is 3.04. The van der Waals surface area contributed by atoms with Crippen molar-refractivity contribution in [2.75, 3.05) is 13.1 Å². The molecule has 1 aromatic rings. The number of benzene rings is 1. The third-order valence-electron chi connectivity index (χ3n) is 4.33. The number of amides is 2. The first-order chi connectivity index (χ1) is 10.9. The van der Waals surface area contributed by atoms with Gasteiger partial charge in [-0.3, -0.25) is 9.59 Å². The molecule has 1 saturated heterocycles. The monoisotopic (exact) mass is 316 g/mol. The van der Waals surface area contributed by atoms with E-state index in [1.165, 1.54) is 5.56 Å². The van der Waals surface area contributed by atoms with Crippen LogP contribution in [0.15, 0.2) is 30.3 Å². The Kier molecular flexibility index (Phi) is 5.80. The molecule has 2 rings (SSSR count). The van der Waals surface area contributed by atoms with E-state index in [1.807, 2.05) is 43.9 Å². The minimum Gasteiger partial charge on any atom is -0.353 e. The molecule has 1 aromatic carbocycles. The van der Waals surface area contributed by atoms with Crippen molar-refractivity contribution in [2.24, 2.45) is 5.41 Å². The van der Waals surface area contributed by atoms with E-state index in [2.05, 4.69) is 17.4 Å². The molecular formula is C19H28N2O2. The highest BCUT2D eigenvalue weighted by molar-refractivity contribution is 5.81. The highest BCUT2D eigenvalue weighted by atomic mass is 16.2. The topological polar surface area (TPSA) is 49.4 Å². The van der Waals surface area contributed by atoms with Gasteiger partial charge in [-0.2, -0.15) is 0 Å². The van der Waals surface area contributed by atoms with E-state index in [0.29, 0.717) is 6.42 Å². The van der Waals surface area contributed by atoms with Gasteiger partial charge in [-0.1, -0.05) is 51.1 Å². The number of piperidine rings is 1. The Bertz CT molecular complexity index is 526. The Hall–Kier alpha value is -1.84. The van der Waals surface area contributed by atoms with Crippen LogP contribution in [0.3, 0.4) is 0 Å². The number of likely N-dealkylation sites (tertiary alicyclic amines) is 1. The van der Waals surface area contributed by atoms with Crippen molar-refractivity contribution in [1.29, 1.82) is 0 Å². The van der Waals surface area contributed by atoms with E-state index >= 15 is 0 Å². The number of hydrogen-bond donors (Lipinski definition) is 1. The Balaban J connectivity index is 1.73. The molecule has 0 atom stereocenters. The van der Waals surface area contributed by atoms with Crippen LogP contribution in [-0.4, -0.2) is 35.8 Å². The molecule has 0 unspecified atom stereocenters. The number of carbonyl (C=O) groups is 2. The number of carbonyl (C=O) groups excluding carboxylic acids is 2. The van der Waals surface area contributed by atoms with Crippen molar-refractivity contribution in [3.05, 3.63) is 35.9 Å². The molecule has 1 aliphatic heterocycles. The van der Waals surface area contributed by atoms with E-state index in [1.54, 1.807) is 0 Å². The molecule has 1 N–H and O–H groups in total. The first-order valence-corrected chi connectivity index (χ1v) is 8.49. The van der Waals surface area contributed by atoms with Crippen LogP contribution in [0.2, 0.25) is 0 Å². The summed E-state index contributed by atoms with van der Waals surface area (Å²) < 4.78 is 0. The zero-order chi connectivity index (χ0) is 16.9. The smallest absolute Gasteiger partial charge is 0.225 e. The van der Waals surface area contributed by atoms with E-state index in [9.17, 15) is 9.59 Å². The van der Waals surface area contributed by atoms with Gasteiger partial charge in [0.25, 0.3) is 0 Å². The zero-order valence-corrected chi connectivity index (χ0v) is 14.5. The summed E-state index contributed by atoms with van der Waals surface area (Å²) in [6, 6.07) is 10.3. The lowest BCUT2D eigenvalue weighted by Gasteiger charge is -2.33. The molecule has 0 spiro atoms. The van der Waals surface area contributed by atoms with E-state index < -0.39 is 0 Å². The van der Waals surface area contributed by atoms with Gasteiger partial charge in [0.1, 0.15) is 0 Å². The Morgan fingerprint density at radius 3 is 2.30 bits per heavy atom. The number of nitrogens with zero attached hydrogens (tertiary/aromatic N) is 1. The molecule has 4 heteroatoms. The van der Waals surface area contributed by atoms with Crippen LogP contribution >= 0.6 is 0 Å². The van der Waals surface area contributed by atoms with Gasteiger partial charge in [0.05, 0.1) is 0 Å². The molecular weight excluding hydrogens is 288 g/mol. The molecule has 1 fully saturated rings. The predicted octanol–water partition coefficient (Wildman–Crippen LogP) is 2.77. The van der Waals surface area contributed by atoms with Gasteiger partial charge in [0, 0.05) is 31.0 Å². The summed E-state index contributed by atoms with van der Waals surface area (Å²) >= 11 is 0. The van der Waals surface area contributed by atoms with Crippen molar-refractivity contribution in [3.63, 3.8) is 0 Å². The summed E-state index contributed by atoms with van der Waals surface area (Å²) in [6.45, 7) is 7.24. The zero-order valence-electron chi connectivity index (χ0n) is 14.5. The highest BCUT2D eigenvalue weighted by Crippen LogP contribution is 2.17. The number of hydrogen-bond acceptors (Lipinski definition) is 2. The molecule has 1 aliphatic rings. The van der Waals surface area contributed by atoms with Crippen molar-refractivity contribution >= 4 is 11.8 Å². The lowest BCUT2D eigenvalue weighted by Crippen LogP contribution is -2.49. The number of nitrogens with one attached hydrogen (secondary N) is 1. The third kappa shape index (κ3) is 5.38. The second kappa shape index (κ2) is 7.62. The van der Waals surface area contributed by atoms with Crippen LogP contribution in [0.5, 0.6) is 0 Å². The average molecular weight is 316 g/mol. The Labute approximate surface area is 139 Å². The summed E-state index contributed by atoms with van der Waals surface area (Å²) in [5.74, 6) is 0.306. The van der Waals surface area contributed by atoms with Gasteiger partial charge < -0.3 is 10.2 Å². The van der Waals surface area contributed by atoms with E-state index in [0.717, 1.165) is 32.4 Å². The molecule has 0 saturated carbocycles. The fraction of sp³-hybridized carbons (Fsp3) is 0.579. The minimum absolute atomic E-state index is 0.0892. The van der Waals surface area contributed by atoms with Gasteiger partial charge in [0.2, 0.25) is 11.8 Å². The van der Waals surface area contributed by atoms with Gasteiger partial charge in [-0.05, 0) is 24.8 Å². The van der Waals surface area contributed by atoms with Crippen LogP contribution in [0.25, 0.3) is 0 Å². The number of rotatable bonds is 4. The standard InChI is InChI=1S/C19H28N2O2/c1-19(2,3)18(23)20-16-11-13-21(14-12-16)17(22)10-9-15-7-5-4-6-8-15/h4-8,16H,9-14H2,1-3H3,(H,20,23). The first kappa shape index (κ1) is 17.5. The first-order valence-electron chi connectivity index (χ1n) is 8.49. The summed E-state index contributed by atoms with van der Waals surface area (Å²) in [5, 5.41) is 3.10. The third-order valence-corrected chi connectivity index (χ3v) is 4.33. The summed E-state index contributed by atoms with van der Waals surface area (Å²) in [7, 11) is 0. The largest absolute Gasteiger partial charge is 0.353 e. The maximum Gasteiger partial charge on any atom is 0.225 e. The molecule has 1 heterocycles. The van der Waals surface area contributed by atoms with Crippen LogP contribution < -0.4 is 5.32 Å². The maximum atomic E-state index is 12.3. The minimum atomic E-state index is -0.358. The predicted molar refractivity (Wildman–Crippen MR) is 92.0 cm³/mol. The van der Waals surface area contributed by atoms with Gasteiger partial charge in [-0.25, -0.2) is 0 Å². The molecule has 126 valence electrons. The maximum absolute atomic E-state index is 12.3. The lowest BCUT2D eigenvalue weighted by molar-refractivity contribution is -0.132. The average Bonchev–Trinajstić information content (AvgIpc) is 2.53. The quantitative estimate of drug-likeness (QED) is 0.928. The number of aryl methyl sites for hydroxylation is 1. The second-order valence-corrected chi connectivity index (χ2v) is 7.36. The fourth-order valence-electron chi connectivity index (χ4n) is 2.73. The molecule has 23 heavy (non-hydrogen) atoms. The summed E-state index contributed by atoms with van der Waals surface area (Å²) in [4.78, 5) is 26.2. The van der Waals surface area contributed by atoms with Crippen LogP contribution in [-0.2, 0) is 16.0 Å². The summed E-state index contributed by atoms with van der Waals surface area (Å²) in [5.41, 5.74) is 0.844. The Morgan fingerprint density at radius 1 is 1.13 bits per heavy atom. The second-order valence-electron chi connectivity index (χ2n) is 7.36. The molecule has 0 aromatic heterocycles. The molecule has 0 radical (unpaired) electrons. The normalized spacial score (nSPS) is 16.2. The van der Waals surface area contributed by atoms with Crippen LogP contribution in [0.4, 0.5) is 0 Å². The van der Waals surface area contributed by atoms with Gasteiger partial charge in [0.15, 0.2) is 0 Å². The highest BCUT2D eigenvalue weighted by Gasteiger charge is 2.27. The van der Waals surface area contributed by atoms with Gasteiger partial charge in [-0.15, -0.1) is 0 Å². The van der Waals surface area contributed by atoms with Crippen LogP contribution in [0, 0.1) is 5.41 Å². The Morgan fingerprint density at radius 2 is 1.74 bits per heavy atom. The van der Waals surface area contributed by atoms with Gasteiger partial charge >= 0.3 is 0 Å². The lowest BCUT2D eigenvalue weighted by atomic mass is 9.94. The van der Waals surface area contributed by atoms with Crippen molar-refractivity contribution in [3.8, 4) is 0 Å². The SMILES string of the molecule is CC(C)(C)C(=O)NC1CCN(C(=O)CCc2ccccc2)CC1. The van der Waals surface area contributed by atoms with Crippen molar-refractivity contribution in [2.45, 2.75) is 52.5 Å². The molecule has 4 nitrogen and oxygen atoms in total.